The van der Waals surface area contributed by atoms with E-state index in [4.69, 9.17) is 0 Å². The van der Waals surface area contributed by atoms with Crippen LogP contribution in [-0.2, 0) is 4.74 Å². The summed E-state index contributed by atoms with van der Waals surface area (Å²) in [4.78, 5) is 2.37. The fraction of sp³-hybridized carbons (Fsp3) is 1.00. The molecule has 1 fully saturated rings. The number of rotatable bonds is 6. The lowest BCUT2D eigenvalue weighted by atomic mass is 10.1. The number of likely N-dealkylation sites (tertiary alicyclic amines) is 1. The number of ether oxygens (including phenoxy) is 1. The summed E-state index contributed by atoms with van der Waals surface area (Å²) in [7, 11) is 0. The van der Waals surface area contributed by atoms with E-state index in [0.717, 1.165) is 18.4 Å². The lowest BCUT2D eigenvalue weighted by Crippen LogP contribution is -2.37. The third-order valence-electron chi connectivity index (χ3n) is 3.18. The van der Waals surface area contributed by atoms with Crippen molar-refractivity contribution in [2.24, 2.45) is 0 Å². The van der Waals surface area contributed by atoms with E-state index in [9.17, 15) is 13.2 Å². The van der Waals surface area contributed by atoms with E-state index < -0.39 is 12.8 Å². The van der Waals surface area contributed by atoms with Crippen molar-refractivity contribution < 1.29 is 17.9 Å². The van der Waals surface area contributed by atoms with E-state index in [-0.39, 0.29) is 6.61 Å². The second kappa shape index (κ2) is 8.38. The van der Waals surface area contributed by atoms with Gasteiger partial charge in [0.05, 0.1) is 0 Å². The van der Waals surface area contributed by atoms with Crippen LogP contribution in [-0.4, -0.2) is 48.8 Å². The summed E-state index contributed by atoms with van der Waals surface area (Å²) in [6, 6.07) is 0.523. The van der Waals surface area contributed by atoms with Crippen molar-refractivity contribution in [3.63, 3.8) is 0 Å². The van der Waals surface area contributed by atoms with Gasteiger partial charge in [0.2, 0.25) is 0 Å². The minimum Gasteiger partial charge on any atom is -0.372 e. The molecule has 2 nitrogen and oxygen atoms in total. The van der Waals surface area contributed by atoms with Gasteiger partial charge in [-0.2, -0.15) is 13.2 Å². The third kappa shape index (κ3) is 6.95. The van der Waals surface area contributed by atoms with Gasteiger partial charge >= 0.3 is 6.18 Å². The second-order valence-corrected chi connectivity index (χ2v) is 5.36. The molecule has 0 amide bonds. The maximum absolute atomic E-state index is 11.9. The van der Waals surface area contributed by atoms with Crippen LogP contribution in [0.5, 0.6) is 0 Å². The number of hydrogen-bond donors (Lipinski definition) is 0. The lowest BCUT2D eigenvalue weighted by molar-refractivity contribution is -0.174. The van der Waals surface area contributed by atoms with Crippen molar-refractivity contribution in [1.29, 1.82) is 0 Å². The SMILES string of the molecule is FC(F)(F)COCCCN1CCCCCC1CBr. The number of halogens is 4. The Balaban J connectivity index is 2.16. The molecule has 0 spiro atoms. The van der Waals surface area contributed by atoms with Gasteiger partial charge in [-0.15, -0.1) is 0 Å². The van der Waals surface area contributed by atoms with E-state index >= 15 is 0 Å². The van der Waals surface area contributed by atoms with Gasteiger partial charge in [0.1, 0.15) is 6.61 Å². The summed E-state index contributed by atoms with van der Waals surface area (Å²) in [5.41, 5.74) is 0. The van der Waals surface area contributed by atoms with Gasteiger partial charge in [-0.05, 0) is 25.8 Å². The van der Waals surface area contributed by atoms with Crippen LogP contribution in [0.1, 0.15) is 32.1 Å². The molecule has 1 atom stereocenters. The lowest BCUT2D eigenvalue weighted by Gasteiger charge is -2.28. The molecule has 0 N–H and O–H groups in total. The Morgan fingerprint density at radius 2 is 2.00 bits per heavy atom. The van der Waals surface area contributed by atoms with Crippen molar-refractivity contribution in [1.82, 2.24) is 4.90 Å². The molecule has 18 heavy (non-hydrogen) atoms. The van der Waals surface area contributed by atoms with Gasteiger partial charge in [-0.25, -0.2) is 0 Å². The maximum atomic E-state index is 11.9. The van der Waals surface area contributed by atoms with Crippen molar-refractivity contribution in [2.75, 3.05) is 31.6 Å². The Morgan fingerprint density at radius 1 is 1.22 bits per heavy atom. The maximum Gasteiger partial charge on any atom is 0.411 e. The molecule has 0 aliphatic carbocycles. The minimum absolute atomic E-state index is 0.186. The van der Waals surface area contributed by atoms with Gasteiger partial charge in [0.15, 0.2) is 0 Å². The smallest absolute Gasteiger partial charge is 0.372 e. The molecule has 108 valence electrons. The first-order valence-corrected chi connectivity index (χ1v) is 7.59. The highest BCUT2D eigenvalue weighted by Crippen LogP contribution is 2.19. The molecule has 1 saturated heterocycles. The zero-order valence-electron chi connectivity index (χ0n) is 10.5. The Hall–Kier alpha value is 0.190. The molecule has 0 aromatic heterocycles. The number of alkyl halides is 4. The summed E-state index contributed by atoms with van der Waals surface area (Å²) < 4.78 is 40.2. The largest absolute Gasteiger partial charge is 0.411 e. The summed E-state index contributed by atoms with van der Waals surface area (Å²) in [6.07, 6.45) is 1.32. The van der Waals surface area contributed by atoms with Crippen LogP contribution in [0.25, 0.3) is 0 Å². The van der Waals surface area contributed by atoms with Gasteiger partial charge in [-0.3, -0.25) is 4.90 Å². The number of hydrogen-bond acceptors (Lipinski definition) is 2. The average molecular weight is 332 g/mol. The first-order valence-electron chi connectivity index (χ1n) is 6.47. The average Bonchev–Trinajstić information content (AvgIpc) is 2.52. The predicted octanol–water partition coefficient (Wildman–Crippen LogP) is 3.59. The van der Waals surface area contributed by atoms with Crippen molar-refractivity contribution in [3.8, 4) is 0 Å². The monoisotopic (exact) mass is 331 g/mol. The molecule has 0 bridgehead atoms. The van der Waals surface area contributed by atoms with Crippen LogP contribution in [0.2, 0.25) is 0 Å². The quantitative estimate of drug-likeness (QED) is 0.544. The Bertz CT molecular complexity index is 226. The van der Waals surface area contributed by atoms with Crippen LogP contribution >= 0.6 is 15.9 Å². The van der Waals surface area contributed by atoms with Crippen molar-refractivity contribution >= 4 is 15.9 Å². The summed E-state index contributed by atoms with van der Waals surface area (Å²) >= 11 is 3.51. The Morgan fingerprint density at radius 3 is 2.67 bits per heavy atom. The number of nitrogens with zero attached hydrogens (tertiary/aromatic N) is 1. The topological polar surface area (TPSA) is 12.5 Å². The normalized spacial score (nSPS) is 23.0. The van der Waals surface area contributed by atoms with Crippen LogP contribution in [0, 0.1) is 0 Å². The van der Waals surface area contributed by atoms with E-state index in [1.807, 2.05) is 0 Å². The van der Waals surface area contributed by atoms with Gasteiger partial charge in [0, 0.05) is 24.5 Å². The van der Waals surface area contributed by atoms with E-state index in [1.165, 1.54) is 25.7 Å². The van der Waals surface area contributed by atoms with Gasteiger partial charge in [-0.1, -0.05) is 28.8 Å². The first-order chi connectivity index (χ1) is 8.53. The van der Waals surface area contributed by atoms with E-state index in [1.54, 1.807) is 0 Å². The van der Waals surface area contributed by atoms with Crippen LogP contribution in [0.4, 0.5) is 13.2 Å². The van der Waals surface area contributed by atoms with Crippen LogP contribution in [0.15, 0.2) is 0 Å². The zero-order chi connectivity index (χ0) is 13.4. The first kappa shape index (κ1) is 16.2. The predicted molar refractivity (Wildman–Crippen MR) is 69.1 cm³/mol. The van der Waals surface area contributed by atoms with Gasteiger partial charge < -0.3 is 4.74 Å². The summed E-state index contributed by atoms with van der Waals surface area (Å²) in [6.45, 7) is 0.934. The van der Waals surface area contributed by atoms with Crippen LogP contribution < -0.4 is 0 Å². The third-order valence-corrected chi connectivity index (χ3v) is 3.92. The minimum atomic E-state index is -4.21. The van der Waals surface area contributed by atoms with Crippen LogP contribution in [0.3, 0.4) is 0 Å². The molecule has 1 unspecified atom stereocenters. The standard InChI is InChI=1S/C12H21BrF3NO/c13-9-11-5-2-1-3-6-17(11)7-4-8-18-10-12(14,15)16/h11H,1-10H2. The molecule has 0 aromatic carbocycles. The highest BCUT2D eigenvalue weighted by molar-refractivity contribution is 9.09. The van der Waals surface area contributed by atoms with Gasteiger partial charge in [0.25, 0.3) is 0 Å². The molecule has 1 aliphatic heterocycles. The Labute approximate surface area is 115 Å². The molecule has 6 heteroatoms. The summed E-state index contributed by atoms with van der Waals surface area (Å²) in [5.74, 6) is 0. The molecule has 1 aliphatic rings. The zero-order valence-corrected chi connectivity index (χ0v) is 12.1. The molecular weight excluding hydrogens is 311 g/mol. The fourth-order valence-electron chi connectivity index (χ4n) is 2.26. The fourth-order valence-corrected chi connectivity index (χ4v) is 3.00. The Kier molecular flexibility index (Phi) is 7.56. The molecular formula is C12H21BrF3NO. The van der Waals surface area contributed by atoms with Crippen molar-refractivity contribution in [3.05, 3.63) is 0 Å². The van der Waals surface area contributed by atoms with E-state index in [0.29, 0.717) is 12.5 Å². The molecule has 0 radical (unpaired) electrons. The second-order valence-electron chi connectivity index (χ2n) is 4.71. The summed E-state index contributed by atoms with van der Waals surface area (Å²) in [5, 5.41) is 0.941. The highest BCUT2D eigenvalue weighted by Gasteiger charge is 2.27. The molecule has 1 heterocycles. The molecule has 1 rings (SSSR count). The van der Waals surface area contributed by atoms with Crippen molar-refractivity contribution in [2.45, 2.75) is 44.3 Å². The molecule has 0 saturated carbocycles. The molecule has 0 aromatic rings. The van der Waals surface area contributed by atoms with E-state index in [2.05, 4.69) is 25.6 Å². The highest BCUT2D eigenvalue weighted by atomic mass is 79.9.